The first-order valence-corrected chi connectivity index (χ1v) is 6.71. The molecule has 0 bridgehead atoms. The van der Waals surface area contributed by atoms with Crippen LogP contribution in [0.2, 0.25) is 0 Å². The van der Waals surface area contributed by atoms with Crippen LogP contribution in [0.1, 0.15) is 44.9 Å². The maximum atomic E-state index is 13.6. The van der Waals surface area contributed by atoms with Crippen LogP contribution in [0.5, 0.6) is 0 Å². The number of carbonyl (C=O) groups excluding carboxylic acids is 1. The lowest BCUT2D eigenvalue weighted by Gasteiger charge is -2.26. The molecule has 0 aliphatic carbocycles. The van der Waals surface area contributed by atoms with E-state index in [1.165, 1.54) is 12.1 Å². The second-order valence-corrected chi connectivity index (χ2v) is 6.11. The number of hydrogen-bond acceptors (Lipinski definition) is 3. The molecular formula is C16H20FN3O. The molecule has 0 spiro atoms. The molecule has 1 amide bonds. The normalized spacial score (nSPS) is 23.6. The zero-order valence-corrected chi connectivity index (χ0v) is 11.6. The molecule has 0 N–H and O–H groups in total. The zero-order chi connectivity index (χ0) is 14.5. The van der Waals surface area contributed by atoms with Crippen molar-refractivity contribution in [1.29, 1.82) is 5.26 Å². The summed E-state index contributed by atoms with van der Waals surface area (Å²) in [6.45, 7) is 5.34. The molecule has 112 valence electrons. The lowest BCUT2D eigenvalue weighted by atomic mass is 9.92. The van der Waals surface area contributed by atoms with Gasteiger partial charge in [-0.05, 0) is 44.0 Å². The molecule has 0 saturated carbocycles. The number of nitriles is 1. The molecule has 2 heterocycles. The fraction of sp³-hybridized carbons (Fsp3) is 0.500. The molecular weight excluding hydrogens is 269 g/mol. The Morgan fingerprint density at radius 1 is 1.38 bits per heavy atom. The number of hydrogen-bond donors (Lipinski definition) is 0. The average Bonchev–Trinajstić information content (AvgIpc) is 2.88. The van der Waals surface area contributed by atoms with Gasteiger partial charge in [0, 0.05) is 13.1 Å². The predicted molar refractivity (Wildman–Crippen MR) is 77.4 cm³/mol. The van der Waals surface area contributed by atoms with Gasteiger partial charge in [0.25, 0.3) is 0 Å². The first kappa shape index (κ1) is 15.5. The van der Waals surface area contributed by atoms with Crippen LogP contribution in [-0.2, 0) is 4.79 Å². The highest BCUT2D eigenvalue weighted by atomic mass is 19.1. The van der Waals surface area contributed by atoms with Crippen LogP contribution in [0.25, 0.3) is 0 Å². The van der Waals surface area contributed by atoms with Crippen LogP contribution in [-0.4, -0.2) is 29.0 Å². The Morgan fingerprint density at radius 2 is 2.10 bits per heavy atom. The minimum Gasteiger partial charge on any atom is -0.273 e. The topological polar surface area (TPSA) is 47.3 Å². The lowest BCUT2D eigenvalue weighted by molar-refractivity contribution is -0.142. The number of fused-ring (bicyclic) bond motifs is 1. The van der Waals surface area contributed by atoms with E-state index in [0.29, 0.717) is 17.7 Å². The summed E-state index contributed by atoms with van der Waals surface area (Å²) in [5.74, 6) is -0.355. The molecule has 1 aromatic carbocycles. The summed E-state index contributed by atoms with van der Waals surface area (Å²) >= 11 is 0. The largest absolute Gasteiger partial charge is 0.273 e. The summed E-state index contributed by atoms with van der Waals surface area (Å²) in [5, 5.41) is 12.7. The molecule has 2 aliphatic rings. The van der Waals surface area contributed by atoms with E-state index in [-0.39, 0.29) is 19.4 Å². The number of halogens is 1. The third-order valence-corrected chi connectivity index (χ3v) is 4.06. The van der Waals surface area contributed by atoms with Crippen molar-refractivity contribution in [3.63, 3.8) is 0 Å². The first-order valence-electron chi connectivity index (χ1n) is 6.71. The average molecular weight is 289 g/mol. The Hall–Kier alpha value is -1.93. The van der Waals surface area contributed by atoms with Crippen LogP contribution in [0.4, 0.5) is 4.39 Å². The van der Waals surface area contributed by atoms with E-state index >= 15 is 0 Å². The third-order valence-electron chi connectivity index (χ3n) is 4.06. The molecule has 2 saturated heterocycles. The van der Waals surface area contributed by atoms with Crippen molar-refractivity contribution >= 4 is 5.91 Å². The summed E-state index contributed by atoms with van der Waals surface area (Å²) in [6.07, 6.45) is 0.774. The number of amides is 1. The Labute approximate surface area is 124 Å². The van der Waals surface area contributed by atoms with Gasteiger partial charge in [0.05, 0.1) is 23.1 Å². The van der Waals surface area contributed by atoms with Gasteiger partial charge < -0.3 is 0 Å². The van der Waals surface area contributed by atoms with Gasteiger partial charge in [-0.1, -0.05) is 7.43 Å². The molecule has 2 aliphatic heterocycles. The van der Waals surface area contributed by atoms with Crippen LogP contribution in [0.15, 0.2) is 18.2 Å². The van der Waals surface area contributed by atoms with E-state index in [9.17, 15) is 9.18 Å². The Kier molecular flexibility index (Phi) is 3.77. The standard InChI is InChI=1S/C15H16FN3O.CH4/c1-15(2)9-18-4-3-13(19(18)14(15)20)11-5-10(8-17)6-12(16)7-11;/h5-7,13H,3-4,9H2,1-2H3;1H4. The lowest BCUT2D eigenvalue weighted by Crippen LogP contribution is -2.35. The van der Waals surface area contributed by atoms with Gasteiger partial charge in [-0.25, -0.2) is 9.40 Å². The Bertz CT molecular complexity index is 620. The van der Waals surface area contributed by atoms with Crippen LogP contribution in [0.3, 0.4) is 0 Å². The number of rotatable bonds is 1. The Morgan fingerprint density at radius 3 is 2.76 bits per heavy atom. The predicted octanol–water partition coefficient (Wildman–Crippen LogP) is 2.86. The number of nitrogens with zero attached hydrogens (tertiary/aromatic N) is 3. The van der Waals surface area contributed by atoms with Crippen molar-refractivity contribution in [3.05, 3.63) is 35.1 Å². The van der Waals surface area contributed by atoms with E-state index in [4.69, 9.17) is 5.26 Å². The SMILES string of the molecule is C.CC1(C)CN2CCC(c3cc(F)cc(C#N)c3)N2C1=O. The van der Waals surface area contributed by atoms with Crippen LogP contribution in [0, 0.1) is 22.6 Å². The van der Waals surface area contributed by atoms with Crippen molar-refractivity contribution in [2.24, 2.45) is 5.41 Å². The molecule has 1 atom stereocenters. The Balaban J connectivity index is 0.00000161. The molecule has 1 aromatic rings. The number of carbonyl (C=O) groups is 1. The van der Waals surface area contributed by atoms with Crippen LogP contribution >= 0.6 is 0 Å². The smallest absolute Gasteiger partial charge is 0.244 e. The van der Waals surface area contributed by atoms with Gasteiger partial charge >= 0.3 is 0 Å². The molecule has 3 rings (SSSR count). The number of hydrazine groups is 1. The van der Waals surface area contributed by atoms with Gasteiger partial charge in [0.15, 0.2) is 0 Å². The van der Waals surface area contributed by atoms with Gasteiger partial charge in [0.1, 0.15) is 5.82 Å². The highest BCUT2D eigenvalue weighted by Crippen LogP contribution is 2.42. The van der Waals surface area contributed by atoms with Gasteiger partial charge in [0.2, 0.25) is 5.91 Å². The van der Waals surface area contributed by atoms with E-state index < -0.39 is 11.2 Å². The summed E-state index contributed by atoms with van der Waals surface area (Å²) in [4.78, 5) is 12.5. The second kappa shape index (κ2) is 5.12. The molecule has 21 heavy (non-hydrogen) atoms. The monoisotopic (exact) mass is 289 g/mol. The summed E-state index contributed by atoms with van der Waals surface area (Å²) < 4.78 is 13.6. The van der Waals surface area contributed by atoms with Crippen molar-refractivity contribution in [2.75, 3.05) is 13.1 Å². The molecule has 1 unspecified atom stereocenters. The van der Waals surface area contributed by atoms with E-state index in [0.717, 1.165) is 13.0 Å². The number of benzene rings is 1. The van der Waals surface area contributed by atoms with Gasteiger partial charge in [-0.3, -0.25) is 9.80 Å². The third kappa shape index (κ3) is 2.40. The minimum absolute atomic E-state index is 0. The van der Waals surface area contributed by atoms with Crippen LogP contribution < -0.4 is 0 Å². The summed E-state index contributed by atoms with van der Waals surface area (Å²) in [5.41, 5.74) is 0.601. The van der Waals surface area contributed by atoms with Gasteiger partial charge in [-0.2, -0.15) is 5.26 Å². The summed E-state index contributed by atoms with van der Waals surface area (Å²) in [6, 6.07) is 6.12. The fourth-order valence-electron chi connectivity index (χ4n) is 3.13. The van der Waals surface area contributed by atoms with Crippen molar-refractivity contribution in [3.8, 4) is 6.07 Å². The van der Waals surface area contributed by atoms with E-state index in [1.807, 2.05) is 24.9 Å². The summed E-state index contributed by atoms with van der Waals surface area (Å²) in [7, 11) is 0. The quantitative estimate of drug-likeness (QED) is 0.798. The molecule has 0 aromatic heterocycles. The maximum Gasteiger partial charge on any atom is 0.244 e. The zero-order valence-electron chi connectivity index (χ0n) is 11.6. The molecule has 0 radical (unpaired) electrons. The second-order valence-electron chi connectivity index (χ2n) is 6.11. The highest BCUT2D eigenvalue weighted by Gasteiger charge is 2.50. The maximum absolute atomic E-state index is 13.6. The van der Waals surface area contributed by atoms with Crippen molar-refractivity contribution in [2.45, 2.75) is 33.7 Å². The minimum atomic E-state index is -0.427. The molecule has 5 heteroatoms. The van der Waals surface area contributed by atoms with E-state index in [1.54, 1.807) is 11.1 Å². The van der Waals surface area contributed by atoms with Gasteiger partial charge in [-0.15, -0.1) is 0 Å². The van der Waals surface area contributed by atoms with Crippen molar-refractivity contribution < 1.29 is 9.18 Å². The molecule has 4 nitrogen and oxygen atoms in total. The van der Waals surface area contributed by atoms with Crippen molar-refractivity contribution in [1.82, 2.24) is 10.0 Å². The molecule has 2 fully saturated rings. The first-order chi connectivity index (χ1) is 9.42. The van der Waals surface area contributed by atoms with E-state index in [2.05, 4.69) is 0 Å². The fourth-order valence-corrected chi connectivity index (χ4v) is 3.13. The highest BCUT2D eigenvalue weighted by molar-refractivity contribution is 5.84.